The normalized spacial score (nSPS) is 27.5. The Bertz CT molecular complexity index is 300. The molecule has 2 nitrogen and oxygen atoms in total. The largest absolute Gasteiger partial charge is 0.303 e. The van der Waals surface area contributed by atoms with E-state index in [1.807, 2.05) is 0 Å². The number of rotatable bonds is 6. The van der Waals surface area contributed by atoms with Crippen LogP contribution in [-0.4, -0.2) is 49.1 Å². The van der Waals surface area contributed by atoms with Gasteiger partial charge in [0.05, 0.1) is 0 Å². The van der Waals surface area contributed by atoms with Gasteiger partial charge in [-0.1, -0.05) is 34.6 Å². The minimum atomic E-state index is 0.856. The van der Waals surface area contributed by atoms with Gasteiger partial charge in [-0.05, 0) is 89.9 Å². The third kappa shape index (κ3) is 8.03. The highest BCUT2D eigenvalue weighted by atomic mass is 15.1. The molecule has 2 saturated heterocycles. The van der Waals surface area contributed by atoms with E-state index in [0.717, 1.165) is 29.8 Å². The van der Waals surface area contributed by atoms with Crippen LogP contribution in [0.1, 0.15) is 79.6 Å². The predicted molar refractivity (Wildman–Crippen MR) is 104 cm³/mol. The number of nitrogens with zero attached hydrogens (tertiary/aromatic N) is 2. The summed E-state index contributed by atoms with van der Waals surface area (Å²) >= 11 is 0. The third-order valence-electron chi connectivity index (χ3n) is 5.83. The number of likely N-dealkylation sites (tertiary alicyclic amines) is 2. The molecule has 0 radical (unpaired) electrons. The molecule has 0 spiro atoms. The van der Waals surface area contributed by atoms with E-state index in [-0.39, 0.29) is 0 Å². The maximum atomic E-state index is 2.53. The van der Waals surface area contributed by atoms with Gasteiger partial charge in [0.2, 0.25) is 0 Å². The van der Waals surface area contributed by atoms with Gasteiger partial charge in [-0.15, -0.1) is 0 Å². The summed E-state index contributed by atoms with van der Waals surface area (Å²) in [5.74, 6) is 2.62. The molecule has 2 fully saturated rings. The predicted octanol–water partition coefficient (Wildman–Crippen LogP) is 5.28. The summed E-state index contributed by atoms with van der Waals surface area (Å²) in [6.07, 6.45) is 9.87. The summed E-state index contributed by atoms with van der Waals surface area (Å²) in [5.41, 5.74) is 0. The van der Waals surface area contributed by atoms with Gasteiger partial charge in [-0.2, -0.15) is 0 Å². The molecule has 0 aromatic carbocycles. The molecule has 2 aliphatic rings. The second kappa shape index (κ2) is 10.7. The van der Waals surface area contributed by atoms with Crippen molar-refractivity contribution in [3.8, 4) is 0 Å². The van der Waals surface area contributed by atoms with Crippen LogP contribution < -0.4 is 0 Å². The first-order valence-corrected chi connectivity index (χ1v) is 10.2. The van der Waals surface area contributed by atoms with Gasteiger partial charge in [0.1, 0.15) is 0 Å². The van der Waals surface area contributed by atoms with Crippen LogP contribution in [-0.2, 0) is 0 Å². The summed E-state index contributed by atoms with van der Waals surface area (Å²) in [5, 5.41) is 0. The SMILES string of the molecule is CC(C)CC(C)C1CCCN1C.CC(C)CCC1CCCN1C. The van der Waals surface area contributed by atoms with Crippen molar-refractivity contribution in [2.45, 2.75) is 91.6 Å². The lowest BCUT2D eigenvalue weighted by molar-refractivity contribution is 0.216. The Balaban J connectivity index is 0.000000231. The van der Waals surface area contributed by atoms with E-state index in [1.54, 1.807) is 0 Å². The van der Waals surface area contributed by atoms with Gasteiger partial charge in [0, 0.05) is 12.1 Å². The van der Waals surface area contributed by atoms with Crippen LogP contribution in [0.4, 0.5) is 0 Å². The van der Waals surface area contributed by atoms with Crippen LogP contribution in [0.3, 0.4) is 0 Å². The second-order valence-corrected chi connectivity index (χ2v) is 9.04. The summed E-state index contributed by atoms with van der Waals surface area (Å²) in [6, 6.07) is 1.77. The average molecular weight is 325 g/mol. The fourth-order valence-electron chi connectivity index (χ4n) is 4.43. The van der Waals surface area contributed by atoms with Crippen LogP contribution in [0, 0.1) is 17.8 Å². The Hall–Kier alpha value is -0.0800. The Morgan fingerprint density at radius 2 is 1.43 bits per heavy atom. The van der Waals surface area contributed by atoms with Gasteiger partial charge < -0.3 is 9.80 Å². The summed E-state index contributed by atoms with van der Waals surface area (Å²) in [7, 11) is 4.53. The Kier molecular flexibility index (Phi) is 9.77. The van der Waals surface area contributed by atoms with E-state index in [1.165, 1.54) is 58.0 Å². The Morgan fingerprint density at radius 3 is 1.87 bits per heavy atom. The van der Waals surface area contributed by atoms with Gasteiger partial charge >= 0.3 is 0 Å². The van der Waals surface area contributed by atoms with Crippen molar-refractivity contribution in [3.05, 3.63) is 0 Å². The fourth-order valence-corrected chi connectivity index (χ4v) is 4.43. The number of hydrogen-bond acceptors (Lipinski definition) is 2. The highest BCUT2D eigenvalue weighted by molar-refractivity contribution is 4.81. The molecular formula is C21H44N2. The van der Waals surface area contributed by atoms with E-state index < -0.39 is 0 Å². The molecule has 2 heterocycles. The lowest BCUT2D eigenvalue weighted by atomic mass is 9.91. The highest BCUT2D eigenvalue weighted by Gasteiger charge is 2.26. The zero-order valence-electron chi connectivity index (χ0n) is 17.1. The maximum Gasteiger partial charge on any atom is 0.0118 e. The Morgan fingerprint density at radius 1 is 0.826 bits per heavy atom. The van der Waals surface area contributed by atoms with E-state index in [0.29, 0.717) is 0 Å². The lowest BCUT2D eigenvalue weighted by Crippen LogP contribution is -2.31. The second-order valence-electron chi connectivity index (χ2n) is 9.04. The van der Waals surface area contributed by atoms with E-state index in [4.69, 9.17) is 0 Å². The van der Waals surface area contributed by atoms with Crippen LogP contribution in [0.25, 0.3) is 0 Å². The molecule has 23 heavy (non-hydrogen) atoms. The standard InChI is InChI=1S/C11H23N.C10H21N/c1-9(2)8-10(3)11-6-5-7-12(11)4;1-9(2)6-7-10-5-4-8-11(10)3/h9-11H,5-8H2,1-4H3;9-10H,4-8H2,1-3H3. The fraction of sp³-hybridized carbons (Fsp3) is 1.00. The maximum absolute atomic E-state index is 2.53. The number of hydrogen-bond donors (Lipinski definition) is 0. The first kappa shape index (κ1) is 21.0. The van der Waals surface area contributed by atoms with Gasteiger partial charge in [0.25, 0.3) is 0 Å². The average Bonchev–Trinajstić information content (AvgIpc) is 3.05. The molecule has 0 amide bonds. The molecule has 0 aliphatic carbocycles. The smallest absolute Gasteiger partial charge is 0.0118 e. The van der Waals surface area contributed by atoms with Gasteiger partial charge in [0.15, 0.2) is 0 Å². The molecule has 0 saturated carbocycles. The minimum absolute atomic E-state index is 0.856. The molecule has 0 bridgehead atoms. The minimum Gasteiger partial charge on any atom is -0.303 e. The molecule has 3 atom stereocenters. The van der Waals surface area contributed by atoms with Crippen LogP contribution in [0.15, 0.2) is 0 Å². The topological polar surface area (TPSA) is 6.48 Å². The quantitative estimate of drug-likeness (QED) is 0.656. The molecule has 0 aromatic heterocycles. The Labute approximate surface area is 147 Å². The van der Waals surface area contributed by atoms with Crippen molar-refractivity contribution in [3.63, 3.8) is 0 Å². The highest BCUT2D eigenvalue weighted by Crippen LogP contribution is 2.26. The summed E-state index contributed by atoms with van der Waals surface area (Å²) < 4.78 is 0. The van der Waals surface area contributed by atoms with E-state index in [9.17, 15) is 0 Å². The van der Waals surface area contributed by atoms with Crippen molar-refractivity contribution in [2.75, 3.05) is 27.2 Å². The monoisotopic (exact) mass is 324 g/mol. The van der Waals surface area contributed by atoms with Crippen molar-refractivity contribution < 1.29 is 0 Å². The van der Waals surface area contributed by atoms with Crippen molar-refractivity contribution in [1.82, 2.24) is 9.80 Å². The molecule has 138 valence electrons. The van der Waals surface area contributed by atoms with Crippen LogP contribution in [0.2, 0.25) is 0 Å². The summed E-state index contributed by atoms with van der Waals surface area (Å²) in [6.45, 7) is 14.3. The van der Waals surface area contributed by atoms with Crippen molar-refractivity contribution in [1.29, 1.82) is 0 Å². The van der Waals surface area contributed by atoms with Crippen LogP contribution >= 0.6 is 0 Å². The van der Waals surface area contributed by atoms with E-state index in [2.05, 4.69) is 58.5 Å². The van der Waals surface area contributed by atoms with Crippen molar-refractivity contribution >= 4 is 0 Å². The zero-order valence-corrected chi connectivity index (χ0v) is 17.1. The van der Waals surface area contributed by atoms with Gasteiger partial charge in [-0.3, -0.25) is 0 Å². The lowest BCUT2D eigenvalue weighted by Gasteiger charge is -2.27. The third-order valence-corrected chi connectivity index (χ3v) is 5.83. The zero-order chi connectivity index (χ0) is 17.4. The molecule has 2 heteroatoms. The van der Waals surface area contributed by atoms with Gasteiger partial charge in [-0.25, -0.2) is 0 Å². The molecule has 2 rings (SSSR count). The molecule has 2 aliphatic heterocycles. The van der Waals surface area contributed by atoms with E-state index >= 15 is 0 Å². The molecule has 0 aromatic rings. The first-order valence-electron chi connectivity index (χ1n) is 10.2. The summed E-state index contributed by atoms with van der Waals surface area (Å²) in [4.78, 5) is 5.05. The van der Waals surface area contributed by atoms with Crippen LogP contribution in [0.5, 0.6) is 0 Å². The first-order chi connectivity index (χ1) is 10.8. The molecular weight excluding hydrogens is 280 g/mol. The van der Waals surface area contributed by atoms with Crippen molar-refractivity contribution in [2.24, 2.45) is 17.8 Å². The molecule has 3 unspecified atom stereocenters. The molecule has 0 N–H and O–H groups in total.